The van der Waals surface area contributed by atoms with Gasteiger partial charge in [0.05, 0.1) is 16.8 Å². The standard InChI is InChI=1S/C27H32N4O4S/c1-18-22-24(33)30(16-20-12-8-5-9-13-20)27(35)31(26(22)36-23(18)25(34)29(2)3)17-21(32)28-15-14-19-10-6-4-7-11-19/h5,8-10,12-13H,4,6-7,11,14-17H2,1-3H3,(H,28,32). The molecule has 2 amide bonds. The molecule has 8 nitrogen and oxygen atoms in total. The maximum atomic E-state index is 13.5. The predicted octanol–water partition coefficient (Wildman–Crippen LogP) is 3.29. The van der Waals surface area contributed by atoms with Crippen molar-refractivity contribution in [1.29, 1.82) is 0 Å². The number of benzene rings is 1. The van der Waals surface area contributed by atoms with Gasteiger partial charge in [0.2, 0.25) is 5.91 Å². The molecule has 1 N–H and O–H groups in total. The first-order valence-electron chi connectivity index (χ1n) is 12.2. The third-order valence-electron chi connectivity index (χ3n) is 6.53. The van der Waals surface area contributed by atoms with Gasteiger partial charge >= 0.3 is 5.69 Å². The van der Waals surface area contributed by atoms with Crippen LogP contribution in [0, 0.1) is 6.92 Å². The van der Waals surface area contributed by atoms with E-state index in [0.717, 1.165) is 40.7 Å². The van der Waals surface area contributed by atoms with Gasteiger partial charge in [-0.25, -0.2) is 4.79 Å². The van der Waals surface area contributed by atoms with Gasteiger partial charge in [0.1, 0.15) is 11.4 Å². The molecule has 0 bridgehead atoms. The van der Waals surface area contributed by atoms with Crippen LogP contribution < -0.4 is 16.6 Å². The molecule has 2 aromatic heterocycles. The Morgan fingerprint density at radius 1 is 1.08 bits per heavy atom. The van der Waals surface area contributed by atoms with E-state index in [9.17, 15) is 19.2 Å². The van der Waals surface area contributed by atoms with Gasteiger partial charge in [-0.15, -0.1) is 11.3 Å². The van der Waals surface area contributed by atoms with Crippen molar-refractivity contribution in [3.8, 4) is 0 Å². The molecule has 1 aliphatic carbocycles. The number of amides is 2. The van der Waals surface area contributed by atoms with Crippen LogP contribution in [0.2, 0.25) is 0 Å². The zero-order valence-electron chi connectivity index (χ0n) is 21.0. The number of aromatic nitrogens is 2. The van der Waals surface area contributed by atoms with Crippen molar-refractivity contribution in [2.75, 3.05) is 20.6 Å². The molecule has 0 radical (unpaired) electrons. The Morgan fingerprint density at radius 2 is 1.83 bits per heavy atom. The highest BCUT2D eigenvalue weighted by atomic mass is 32.1. The highest BCUT2D eigenvalue weighted by molar-refractivity contribution is 7.20. The number of allylic oxidation sites excluding steroid dienone is 1. The number of carbonyl (C=O) groups is 2. The highest BCUT2D eigenvalue weighted by Gasteiger charge is 2.25. The monoisotopic (exact) mass is 508 g/mol. The summed E-state index contributed by atoms with van der Waals surface area (Å²) >= 11 is 1.09. The van der Waals surface area contributed by atoms with Crippen molar-refractivity contribution in [2.24, 2.45) is 0 Å². The molecule has 1 aromatic carbocycles. The molecule has 1 aliphatic rings. The summed E-state index contributed by atoms with van der Waals surface area (Å²) in [6, 6.07) is 9.24. The number of fused-ring (bicyclic) bond motifs is 1. The average Bonchev–Trinajstić information content (AvgIpc) is 3.22. The van der Waals surface area contributed by atoms with Gasteiger partial charge in [-0.2, -0.15) is 0 Å². The minimum absolute atomic E-state index is 0.0798. The number of aryl methyl sites for hydroxylation is 1. The van der Waals surface area contributed by atoms with E-state index < -0.39 is 11.2 Å². The van der Waals surface area contributed by atoms with Crippen LogP contribution in [0.5, 0.6) is 0 Å². The topological polar surface area (TPSA) is 93.4 Å². The maximum absolute atomic E-state index is 13.5. The first kappa shape index (κ1) is 25.6. The fourth-order valence-corrected chi connectivity index (χ4v) is 5.85. The van der Waals surface area contributed by atoms with Crippen molar-refractivity contribution >= 4 is 33.4 Å². The van der Waals surface area contributed by atoms with Crippen LogP contribution in [0.15, 0.2) is 51.6 Å². The van der Waals surface area contributed by atoms with Gasteiger partial charge in [-0.1, -0.05) is 42.0 Å². The predicted molar refractivity (Wildman–Crippen MR) is 143 cm³/mol. The Balaban J connectivity index is 1.72. The van der Waals surface area contributed by atoms with Crippen molar-refractivity contribution < 1.29 is 9.59 Å². The molecule has 0 saturated carbocycles. The Labute approximate surface area is 213 Å². The zero-order valence-corrected chi connectivity index (χ0v) is 21.8. The summed E-state index contributed by atoms with van der Waals surface area (Å²) in [7, 11) is 3.28. The summed E-state index contributed by atoms with van der Waals surface area (Å²) in [6.45, 7) is 2.08. The second kappa shape index (κ2) is 11.1. The van der Waals surface area contributed by atoms with Crippen LogP contribution in [0.4, 0.5) is 0 Å². The van der Waals surface area contributed by atoms with Gasteiger partial charge in [0.25, 0.3) is 11.5 Å². The minimum atomic E-state index is -0.563. The van der Waals surface area contributed by atoms with E-state index in [1.54, 1.807) is 21.0 Å². The van der Waals surface area contributed by atoms with E-state index in [1.165, 1.54) is 27.9 Å². The van der Waals surface area contributed by atoms with Crippen LogP contribution in [0.3, 0.4) is 0 Å². The van der Waals surface area contributed by atoms with Crippen molar-refractivity contribution in [2.45, 2.75) is 52.1 Å². The number of hydrogen-bond donors (Lipinski definition) is 1. The summed E-state index contributed by atoms with van der Waals surface area (Å²) in [6.07, 6.45) is 7.60. The summed E-state index contributed by atoms with van der Waals surface area (Å²) in [4.78, 5) is 54.9. The van der Waals surface area contributed by atoms with Crippen molar-refractivity contribution in [3.05, 3.63) is 78.8 Å². The third-order valence-corrected chi connectivity index (χ3v) is 7.84. The second-order valence-electron chi connectivity index (χ2n) is 9.39. The summed E-state index contributed by atoms with van der Waals surface area (Å²) < 4.78 is 2.49. The van der Waals surface area contributed by atoms with Crippen molar-refractivity contribution in [1.82, 2.24) is 19.4 Å². The smallest absolute Gasteiger partial charge is 0.332 e. The first-order chi connectivity index (χ1) is 17.3. The number of nitrogens with one attached hydrogen (secondary N) is 1. The molecular formula is C27H32N4O4S. The Morgan fingerprint density at radius 3 is 2.50 bits per heavy atom. The maximum Gasteiger partial charge on any atom is 0.332 e. The zero-order chi connectivity index (χ0) is 25.8. The van der Waals surface area contributed by atoms with E-state index >= 15 is 0 Å². The lowest BCUT2D eigenvalue weighted by Crippen LogP contribution is -2.42. The van der Waals surface area contributed by atoms with Gasteiger partial charge in [0, 0.05) is 20.6 Å². The highest BCUT2D eigenvalue weighted by Crippen LogP contribution is 2.29. The summed E-state index contributed by atoms with van der Waals surface area (Å²) in [5.74, 6) is -0.543. The van der Waals surface area contributed by atoms with Crippen LogP contribution in [-0.2, 0) is 17.9 Å². The Kier molecular flexibility index (Phi) is 7.88. The molecule has 36 heavy (non-hydrogen) atoms. The first-order valence-corrected chi connectivity index (χ1v) is 13.1. The number of nitrogens with zero attached hydrogens (tertiary/aromatic N) is 3. The summed E-state index contributed by atoms with van der Waals surface area (Å²) in [5.41, 5.74) is 1.67. The van der Waals surface area contributed by atoms with Gasteiger partial charge in [0.15, 0.2) is 0 Å². The minimum Gasteiger partial charge on any atom is -0.354 e. The van der Waals surface area contributed by atoms with Gasteiger partial charge in [-0.3, -0.25) is 23.5 Å². The molecule has 190 valence electrons. The van der Waals surface area contributed by atoms with E-state index in [1.807, 2.05) is 30.3 Å². The molecule has 4 rings (SSSR count). The van der Waals surface area contributed by atoms with Crippen LogP contribution in [0.1, 0.15) is 52.9 Å². The fraction of sp³-hybridized carbons (Fsp3) is 0.407. The van der Waals surface area contributed by atoms with Crippen LogP contribution in [0.25, 0.3) is 10.2 Å². The molecule has 0 atom stereocenters. The van der Waals surface area contributed by atoms with E-state index in [0.29, 0.717) is 27.2 Å². The molecular weight excluding hydrogens is 476 g/mol. The number of carbonyl (C=O) groups excluding carboxylic acids is 2. The van der Waals surface area contributed by atoms with E-state index in [4.69, 9.17) is 0 Å². The normalized spacial score (nSPS) is 13.5. The van der Waals surface area contributed by atoms with Gasteiger partial charge in [-0.05, 0) is 50.2 Å². The lowest BCUT2D eigenvalue weighted by Gasteiger charge is -2.14. The van der Waals surface area contributed by atoms with Gasteiger partial charge < -0.3 is 10.2 Å². The molecule has 0 unspecified atom stereocenters. The number of hydrogen-bond acceptors (Lipinski definition) is 5. The quantitative estimate of drug-likeness (QED) is 0.473. The van der Waals surface area contributed by atoms with Crippen molar-refractivity contribution in [3.63, 3.8) is 0 Å². The lowest BCUT2D eigenvalue weighted by molar-refractivity contribution is -0.121. The molecule has 2 heterocycles. The lowest BCUT2D eigenvalue weighted by atomic mass is 9.97. The van der Waals surface area contributed by atoms with Crippen LogP contribution in [-0.4, -0.2) is 46.5 Å². The largest absolute Gasteiger partial charge is 0.354 e. The SMILES string of the molecule is Cc1c(C(=O)N(C)C)sc2c1c(=O)n(Cc1ccccc1)c(=O)n2CC(=O)NCCC1=CCCCC1. The average molecular weight is 509 g/mol. The molecule has 0 spiro atoms. The Bertz CT molecular complexity index is 1430. The second-order valence-corrected chi connectivity index (χ2v) is 10.4. The molecule has 3 aromatic rings. The summed E-state index contributed by atoms with van der Waals surface area (Å²) in [5, 5.41) is 3.23. The number of rotatable bonds is 8. The fourth-order valence-electron chi connectivity index (χ4n) is 4.54. The molecule has 9 heteroatoms. The Hall–Kier alpha value is -3.46. The molecule has 0 saturated heterocycles. The van der Waals surface area contributed by atoms with E-state index in [-0.39, 0.29) is 24.9 Å². The number of thiophene rings is 1. The van der Waals surface area contributed by atoms with Crippen LogP contribution >= 0.6 is 11.3 Å². The third kappa shape index (κ3) is 5.36. The van der Waals surface area contributed by atoms with E-state index in [2.05, 4.69) is 11.4 Å². The molecule has 0 fully saturated rings. The molecule has 0 aliphatic heterocycles.